The van der Waals surface area contributed by atoms with Crippen molar-refractivity contribution in [2.75, 3.05) is 6.61 Å². The van der Waals surface area contributed by atoms with E-state index in [1.807, 2.05) is 18.2 Å². The summed E-state index contributed by atoms with van der Waals surface area (Å²) in [6, 6.07) is 10.3. The van der Waals surface area contributed by atoms with Crippen LogP contribution in [0.15, 0.2) is 30.3 Å². The molecule has 1 saturated carbocycles. The molecular formula is C22H34O2. The van der Waals surface area contributed by atoms with Crippen LogP contribution in [-0.2, 0) is 16.1 Å². The number of hydrogen-bond acceptors (Lipinski definition) is 2. The maximum absolute atomic E-state index is 12.5. The highest BCUT2D eigenvalue weighted by Crippen LogP contribution is 2.22. The van der Waals surface area contributed by atoms with Gasteiger partial charge >= 0.3 is 0 Å². The number of carbonyl (C=O) groups is 1. The average Bonchev–Trinajstić information content (AvgIpc) is 2.60. The summed E-state index contributed by atoms with van der Waals surface area (Å²) in [6.07, 6.45) is 14.2. The van der Waals surface area contributed by atoms with E-state index in [1.54, 1.807) is 0 Å². The molecular weight excluding hydrogens is 296 g/mol. The van der Waals surface area contributed by atoms with Gasteiger partial charge in [0.1, 0.15) is 5.78 Å². The quantitative estimate of drug-likeness (QED) is 0.590. The van der Waals surface area contributed by atoms with Crippen molar-refractivity contribution >= 4 is 5.78 Å². The number of ketones is 1. The zero-order valence-corrected chi connectivity index (χ0v) is 15.2. The standard InChI is InChI=1S/C22H34O2/c23-22-17-11-6-4-2-1-3-5-10-15-21(22)16-12-18-24-19-20-13-8-7-9-14-20/h7-9,13-14,21H,1-6,10-12,15-19H2. The lowest BCUT2D eigenvalue weighted by Gasteiger charge is -2.17. The fourth-order valence-electron chi connectivity index (χ4n) is 3.62. The Labute approximate surface area is 148 Å². The summed E-state index contributed by atoms with van der Waals surface area (Å²) in [5, 5.41) is 0. The zero-order valence-electron chi connectivity index (χ0n) is 15.2. The molecule has 1 fully saturated rings. The summed E-state index contributed by atoms with van der Waals surface area (Å²) in [6.45, 7) is 1.44. The van der Waals surface area contributed by atoms with E-state index in [1.165, 1.54) is 50.5 Å². The molecule has 0 heterocycles. The second-order valence-corrected chi connectivity index (χ2v) is 7.21. The van der Waals surface area contributed by atoms with Crippen molar-refractivity contribution in [2.24, 2.45) is 5.92 Å². The molecule has 2 heteroatoms. The molecule has 24 heavy (non-hydrogen) atoms. The molecule has 0 saturated heterocycles. The average molecular weight is 331 g/mol. The van der Waals surface area contributed by atoms with Crippen molar-refractivity contribution in [1.82, 2.24) is 0 Å². The largest absolute Gasteiger partial charge is 0.377 e. The molecule has 1 aromatic rings. The van der Waals surface area contributed by atoms with Crippen molar-refractivity contribution in [2.45, 2.75) is 83.7 Å². The Morgan fingerprint density at radius 2 is 1.54 bits per heavy atom. The molecule has 0 N–H and O–H groups in total. The Morgan fingerprint density at radius 3 is 2.29 bits per heavy atom. The molecule has 0 aliphatic heterocycles. The predicted octanol–water partition coefficient (Wildman–Crippen LogP) is 6.08. The van der Waals surface area contributed by atoms with Gasteiger partial charge in [0.2, 0.25) is 0 Å². The first-order valence-corrected chi connectivity index (χ1v) is 10.0. The number of benzene rings is 1. The molecule has 0 amide bonds. The molecule has 1 aromatic carbocycles. The van der Waals surface area contributed by atoms with E-state index in [2.05, 4.69) is 12.1 Å². The first-order valence-electron chi connectivity index (χ1n) is 10.0. The fraction of sp³-hybridized carbons (Fsp3) is 0.682. The first kappa shape index (κ1) is 19.2. The summed E-state index contributed by atoms with van der Waals surface area (Å²) < 4.78 is 5.77. The molecule has 1 unspecified atom stereocenters. The molecule has 1 aliphatic rings. The van der Waals surface area contributed by atoms with Crippen molar-refractivity contribution < 1.29 is 9.53 Å². The smallest absolute Gasteiger partial charge is 0.135 e. The maximum atomic E-state index is 12.5. The molecule has 2 rings (SSSR count). The van der Waals surface area contributed by atoms with E-state index in [4.69, 9.17) is 4.74 Å². The van der Waals surface area contributed by atoms with Gasteiger partial charge in [-0.2, -0.15) is 0 Å². The molecule has 2 nitrogen and oxygen atoms in total. The second-order valence-electron chi connectivity index (χ2n) is 7.21. The molecule has 0 radical (unpaired) electrons. The van der Waals surface area contributed by atoms with Gasteiger partial charge in [-0.05, 0) is 31.2 Å². The van der Waals surface area contributed by atoms with Crippen molar-refractivity contribution in [3.63, 3.8) is 0 Å². The van der Waals surface area contributed by atoms with Gasteiger partial charge in [-0.25, -0.2) is 0 Å². The molecule has 0 aromatic heterocycles. The van der Waals surface area contributed by atoms with Crippen LogP contribution >= 0.6 is 0 Å². The van der Waals surface area contributed by atoms with Crippen LogP contribution < -0.4 is 0 Å². The number of ether oxygens (including phenoxy) is 1. The molecule has 134 valence electrons. The summed E-state index contributed by atoms with van der Waals surface area (Å²) in [5.74, 6) is 0.795. The van der Waals surface area contributed by atoms with E-state index in [9.17, 15) is 4.79 Å². The lowest BCUT2D eigenvalue weighted by molar-refractivity contribution is -0.123. The fourth-order valence-corrected chi connectivity index (χ4v) is 3.62. The molecule has 1 atom stereocenters. The van der Waals surface area contributed by atoms with Crippen LogP contribution in [-0.4, -0.2) is 12.4 Å². The van der Waals surface area contributed by atoms with Gasteiger partial charge in [0.25, 0.3) is 0 Å². The topological polar surface area (TPSA) is 26.3 Å². The lowest BCUT2D eigenvalue weighted by Crippen LogP contribution is -2.15. The van der Waals surface area contributed by atoms with Gasteiger partial charge in [-0.3, -0.25) is 4.79 Å². The predicted molar refractivity (Wildman–Crippen MR) is 100.0 cm³/mol. The Morgan fingerprint density at radius 1 is 0.875 bits per heavy atom. The first-order chi connectivity index (χ1) is 11.9. The van der Waals surface area contributed by atoms with Crippen molar-refractivity contribution in [3.8, 4) is 0 Å². The second kappa shape index (κ2) is 12.2. The molecule has 0 spiro atoms. The van der Waals surface area contributed by atoms with Crippen LogP contribution in [0.3, 0.4) is 0 Å². The van der Waals surface area contributed by atoms with Crippen molar-refractivity contribution in [3.05, 3.63) is 35.9 Å². The van der Waals surface area contributed by atoms with Gasteiger partial charge in [0, 0.05) is 18.9 Å². The minimum absolute atomic E-state index is 0.282. The minimum atomic E-state index is 0.282. The van der Waals surface area contributed by atoms with E-state index >= 15 is 0 Å². The van der Waals surface area contributed by atoms with Gasteiger partial charge in [0.05, 0.1) is 6.61 Å². The summed E-state index contributed by atoms with van der Waals surface area (Å²) in [4.78, 5) is 12.5. The van der Waals surface area contributed by atoms with Crippen LogP contribution in [0.5, 0.6) is 0 Å². The minimum Gasteiger partial charge on any atom is -0.377 e. The van der Waals surface area contributed by atoms with Crippen molar-refractivity contribution in [1.29, 1.82) is 0 Å². The van der Waals surface area contributed by atoms with Gasteiger partial charge < -0.3 is 4.74 Å². The molecule has 0 bridgehead atoms. The number of Topliss-reactive ketones (excluding diaryl/α,β-unsaturated/α-hetero) is 1. The Kier molecular flexibility index (Phi) is 9.79. The maximum Gasteiger partial charge on any atom is 0.135 e. The van der Waals surface area contributed by atoms with E-state index in [-0.39, 0.29) is 5.92 Å². The molecule has 1 aliphatic carbocycles. The normalized spacial score (nSPS) is 21.0. The monoisotopic (exact) mass is 330 g/mol. The Balaban J connectivity index is 1.66. The van der Waals surface area contributed by atoms with Crippen LogP contribution in [0, 0.1) is 5.92 Å². The number of carbonyl (C=O) groups excluding carboxylic acids is 1. The third-order valence-electron chi connectivity index (χ3n) is 5.13. The van der Waals surface area contributed by atoms with E-state index in [0.717, 1.165) is 38.7 Å². The highest BCUT2D eigenvalue weighted by atomic mass is 16.5. The third kappa shape index (κ3) is 8.10. The van der Waals surface area contributed by atoms with Crippen LogP contribution in [0.25, 0.3) is 0 Å². The van der Waals surface area contributed by atoms with Crippen LogP contribution in [0.2, 0.25) is 0 Å². The Hall–Kier alpha value is -1.15. The number of hydrogen-bond donors (Lipinski definition) is 0. The van der Waals surface area contributed by atoms with E-state index < -0.39 is 0 Å². The van der Waals surface area contributed by atoms with Gasteiger partial charge in [-0.1, -0.05) is 75.3 Å². The summed E-state index contributed by atoms with van der Waals surface area (Å²) >= 11 is 0. The zero-order chi connectivity index (χ0) is 16.9. The SMILES string of the molecule is O=C1CCCCCCCCCCC1CCCOCc1ccccc1. The highest BCUT2D eigenvalue weighted by Gasteiger charge is 2.17. The van der Waals surface area contributed by atoms with Gasteiger partial charge in [0.15, 0.2) is 0 Å². The summed E-state index contributed by atoms with van der Waals surface area (Å²) in [7, 11) is 0. The third-order valence-corrected chi connectivity index (χ3v) is 5.13. The highest BCUT2D eigenvalue weighted by molar-refractivity contribution is 5.80. The van der Waals surface area contributed by atoms with E-state index in [0.29, 0.717) is 12.4 Å². The van der Waals surface area contributed by atoms with Crippen LogP contribution in [0.4, 0.5) is 0 Å². The summed E-state index contributed by atoms with van der Waals surface area (Å²) in [5.41, 5.74) is 1.22. The number of rotatable bonds is 6. The van der Waals surface area contributed by atoms with Gasteiger partial charge in [-0.15, -0.1) is 0 Å². The van der Waals surface area contributed by atoms with Crippen LogP contribution in [0.1, 0.15) is 82.6 Å². The Bertz CT molecular complexity index is 441. The lowest BCUT2D eigenvalue weighted by atomic mass is 9.88.